The number of hydrogen-bond acceptors (Lipinski definition) is 4. The van der Waals surface area contributed by atoms with Crippen LogP contribution in [0.2, 0.25) is 5.02 Å². The summed E-state index contributed by atoms with van der Waals surface area (Å²) in [6.45, 7) is 2.73. The number of primary amides is 1. The summed E-state index contributed by atoms with van der Waals surface area (Å²) in [4.78, 5) is 33.9. The average Bonchev–Trinajstić information content (AvgIpc) is 3.44. The highest BCUT2D eigenvalue weighted by Crippen LogP contribution is 2.26. The minimum absolute atomic E-state index is 0.0238. The predicted octanol–water partition coefficient (Wildman–Crippen LogP) is 4.18. The van der Waals surface area contributed by atoms with Gasteiger partial charge < -0.3 is 15.6 Å². The van der Waals surface area contributed by atoms with Crippen molar-refractivity contribution in [1.29, 1.82) is 0 Å². The zero-order chi connectivity index (χ0) is 25.0. The molecule has 9 heteroatoms. The van der Waals surface area contributed by atoms with Gasteiger partial charge in [0.15, 0.2) is 0 Å². The average molecular weight is 499 g/mol. The van der Waals surface area contributed by atoms with Crippen molar-refractivity contribution in [2.24, 2.45) is 5.73 Å². The number of carbonyl (C=O) groups is 2. The molecule has 8 nitrogen and oxygen atoms in total. The lowest BCUT2D eigenvalue weighted by Gasteiger charge is -2.25. The Balaban J connectivity index is 1.23. The van der Waals surface area contributed by atoms with Crippen LogP contribution in [0.3, 0.4) is 0 Å². The molecule has 0 aliphatic carbocycles. The molecule has 3 N–H and O–H groups in total. The van der Waals surface area contributed by atoms with Gasteiger partial charge in [-0.15, -0.1) is 0 Å². The van der Waals surface area contributed by atoms with Crippen molar-refractivity contribution in [2.45, 2.75) is 32.4 Å². The summed E-state index contributed by atoms with van der Waals surface area (Å²) in [6.07, 6.45) is 3.26. The first kappa shape index (κ1) is 22.3. The van der Waals surface area contributed by atoms with E-state index < -0.39 is 5.91 Å². The molecule has 5 aromatic rings. The number of amides is 2. The molecule has 3 aromatic carbocycles. The molecule has 2 amide bonds. The summed E-state index contributed by atoms with van der Waals surface area (Å²) in [6, 6.07) is 16.6. The van der Waals surface area contributed by atoms with E-state index in [0.717, 1.165) is 46.4 Å². The van der Waals surface area contributed by atoms with Crippen LogP contribution in [0, 0.1) is 6.92 Å². The Labute approximate surface area is 211 Å². The molecule has 1 aliphatic rings. The summed E-state index contributed by atoms with van der Waals surface area (Å²) in [5.41, 5.74) is 11.6. The topological polar surface area (TPSA) is 108 Å². The Morgan fingerprint density at radius 2 is 1.92 bits per heavy atom. The summed E-state index contributed by atoms with van der Waals surface area (Å²) in [5, 5.41) is 3.48. The number of nitrogens with one attached hydrogen (secondary N) is 1. The second-order valence-corrected chi connectivity index (χ2v) is 9.59. The molecule has 3 heterocycles. The number of aryl methyl sites for hydroxylation is 2. The van der Waals surface area contributed by atoms with Crippen molar-refractivity contribution in [3.8, 4) is 5.69 Å². The van der Waals surface area contributed by atoms with Crippen LogP contribution in [-0.4, -0.2) is 37.0 Å². The van der Waals surface area contributed by atoms with Gasteiger partial charge >= 0.3 is 0 Å². The normalized spacial score (nSPS) is 15.2. The van der Waals surface area contributed by atoms with E-state index in [1.54, 1.807) is 36.7 Å². The number of carbonyl (C=O) groups excluding carboxylic acids is 2. The van der Waals surface area contributed by atoms with Crippen LogP contribution in [0.25, 0.3) is 27.8 Å². The number of imidazole rings is 2. The standard InChI is InChI=1S/C27H23ClN6O2/c1-15-2-8-23-22(10-15)32-25-9-4-17(13-33(23)25)31-27(36)19-6-5-18(12-20(19)28)34-14-30-21-7-3-16(26(29)35)11-24(21)34/h2-3,5-8,10-12,14,17H,4,9,13H2,1H3,(H2,29,35)(H,31,36). The Bertz CT molecular complexity index is 1680. The van der Waals surface area contributed by atoms with E-state index in [1.165, 1.54) is 5.56 Å². The van der Waals surface area contributed by atoms with Crippen molar-refractivity contribution in [2.75, 3.05) is 0 Å². The summed E-state index contributed by atoms with van der Waals surface area (Å²) >= 11 is 6.56. The van der Waals surface area contributed by atoms with Crippen molar-refractivity contribution < 1.29 is 9.59 Å². The summed E-state index contributed by atoms with van der Waals surface area (Å²) in [5.74, 6) is 0.325. The summed E-state index contributed by atoms with van der Waals surface area (Å²) < 4.78 is 4.00. The number of halogens is 1. The van der Waals surface area contributed by atoms with Gasteiger partial charge in [0.2, 0.25) is 5.91 Å². The molecule has 1 unspecified atom stereocenters. The number of rotatable bonds is 4. The SMILES string of the molecule is Cc1ccc2c(c1)nc1n2CC(NC(=O)c2ccc(-n3cnc4ccc(C(N)=O)cc43)cc2Cl)CC1. The third-order valence-corrected chi connectivity index (χ3v) is 7.06. The monoisotopic (exact) mass is 498 g/mol. The highest BCUT2D eigenvalue weighted by Gasteiger charge is 2.24. The van der Waals surface area contributed by atoms with Crippen LogP contribution >= 0.6 is 11.6 Å². The van der Waals surface area contributed by atoms with E-state index in [9.17, 15) is 9.59 Å². The quantitative estimate of drug-likeness (QED) is 0.387. The first-order valence-corrected chi connectivity index (χ1v) is 12.1. The lowest BCUT2D eigenvalue weighted by atomic mass is 10.1. The van der Waals surface area contributed by atoms with Crippen LogP contribution in [0.15, 0.2) is 60.9 Å². The molecule has 0 saturated heterocycles. The molecule has 180 valence electrons. The maximum absolute atomic E-state index is 13.1. The Morgan fingerprint density at radius 1 is 1.06 bits per heavy atom. The second kappa shape index (κ2) is 8.49. The zero-order valence-electron chi connectivity index (χ0n) is 19.5. The highest BCUT2D eigenvalue weighted by atomic mass is 35.5. The molecule has 6 rings (SSSR count). The van der Waals surface area contributed by atoms with Crippen molar-refractivity contribution in [3.05, 3.63) is 88.5 Å². The maximum atomic E-state index is 13.1. The largest absolute Gasteiger partial charge is 0.366 e. The Hall–Kier alpha value is -4.17. The van der Waals surface area contributed by atoms with Gasteiger partial charge in [-0.3, -0.25) is 14.2 Å². The van der Waals surface area contributed by atoms with Gasteiger partial charge in [-0.1, -0.05) is 17.7 Å². The van der Waals surface area contributed by atoms with E-state index in [4.69, 9.17) is 22.3 Å². The molecular formula is C27H23ClN6O2. The van der Waals surface area contributed by atoms with Crippen LogP contribution in [0.4, 0.5) is 0 Å². The number of nitrogens with zero attached hydrogens (tertiary/aromatic N) is 4. The number of benzene rings is 3. The molecular weight excluding hydrogens is 476 g/mol. The van der Waals surface area contributed by atoms with Gasteiger partial charge in [-0.05, 0) is 67.4 Å². The predicted molar refractivity (Wildman–Crippen MR) is 139 cm³/mol. The third kappa shape index (κ3) is 3.79. The number of aromatic nitrogens is 4. The molecule has 0 saturated carbocycles. The fraction of sp³-hybridized carbons (Fsp3) is 0.185. The molecule has 0 fully saturated rings. The first-order chi connectivity index (χ1) is 17.4. The fourth-order valence-electron chi connectivity index (χ4n) is 4.88. The lowest BCUT2D eigenvalue weighted by Crippen LogP contribution is -2.41. The second-order valence-electron chi connectivity index (χ2n) is 9.19. The molecule has 36 heavy (non-hydrogen) atoms. The molecule has 1 atom stereocenters. The van der Waals surface area contributed by atoms with Gasteiger partial charge in [-0.25, -0.2) is 9.97 Å². The van der Waals surface area contributed by atoms with Crippen LogP contribution in [0.5, 0.6) is 0 Å². The van der Waals surface area contributed by atoms with E-state index in [2.05, 4.69) is 40.0 Å². The smallest absolute Gasteiger partial charge is 0.253 e. The third-order valence-electron chi connectivity index (χ3n) is 6.74. The van der Waals surface area contributed by atoms with Gasteiger partial charge in [0.25, 0.3) is 5.91 Å². The Kier molecular flexibility index (Phi) is 5.26. The van der Waals surface area contributed by atoms with Crippen molar-refractivity contribution in [3.63, 3.8) is 0 Å². The van der Waals surface area contributed by atoms with Gasteiger partial charge in [0, 0.05) is 30.3 Å². The van der Waals surface area contributed by atoms with Gasteiger partial charge in [0.05, 0.1) is 32.7 Å². The van der Waals surface area contributed by atoms with E-state index in [-0.39, 0.29) is 11.9 Å². The minimum Gasteiger partial charge on any atom is -0.366 e. The molecule has 2 aromatic heterocycles. The van der Waals surface area contributed by atoms with Crippen LogP contribution in [0.1, 0.15) is 38.5 Å². The molecule has 0 radical (unpaired) electrons. The van der Waals surface area contributed by atoms with E-state index >= 15 is 0 Å². The minimum atomic E-state index is -0.511. The zero-order valence-corrected chi connectivity index (χ0v) is 20.3. The number of nitrogens with two attached hydrogens (primary N) is 1. The van der Waals surface area contributed by atoms with Gasteiger partial charge in [0.1, 0.15) is 12.2 Å². The maximum Gasteiger partial charge on any atom is 0.253 e. The summed E-state index contributed by atoms with van der Waals surface area (Å²) in [7, 11) is 0. The van der Waals surface area contributed by atoms with Crippen molar-refractivity contribution >= 4 is 45.5 Å². The molecule has 0 bridgehead atoms. The van der Waals surface area contributed by atoms with Crippen LogP contribution < -0.4 is 11.1 Å². The lowest BCUT2D eigenvalue weighted by molar-refractivity contribution is 0.0927. The molecule has 0 spiro atoms. The first-order valence-electron chi connectivity index (χ1n) is 11.7. The Morgan fingerprint density at radius 3 is 2.72 bits per heavy atom. The number of fused-ring (bicyclic) bond motifs is 4. The van der Waals surface area contributed by atoms with E-state index in [1.807, 2.05) is 10.6 Å². The van der Waals surface area contributed by atoms with E-state index in [0.29, 0.717) is 22.7 Å². The van der Waals surface area contributed by atoms with Gasteiger partial charge in [-0.2, -0.15) is 0 Å². The number of hydrogen-bond donors (Lipinski definition) is 2. The molecule has 1 aliphatic heterocycles. The van der Waals surface area contributed by atoms with Crippen molar-refractivity contribution in [1.82, 2.24) is 24.4 Å². The van der Waals surface area contributed by atoms with Crippen LogP contribution in [-0.2, 0) is 13.0 Å². The highest BCUT2D eigenvalue weighted by molar-refractivity contribution is 6.34. The fourth-order valence-corrected chi connectivity index (χ4v) is 5.15.